The third kappa shape index (κ3) is 2.05. The van der Waals surface area contributed by atoms with Crippen molar-refractivity contribution in [3.63, 3.8) is 0 Å². The Hall–Kier alpha value is -2.96. The Morgan fingerprint density at radius 1 is 1.35 bits per heavy atom. The number of nitro groups is 1. The molecule has 0 radical (unpaired) electrons. The van der Waals surface area contributed by atoms with Gasteiger partial charge in [-0.1, -0.05) is 6.07 Å². The predicted octanol–water partition coefficient (Wildman–Crippen LogP) is 2.74. The highest BCUT2D eigenvalue weighted by atomic mass is 16.6. The minimum atomic E-state index is -0.427. The number of aromatic nitrogens is 3. The normalized spacial score (nSPS) is 10.7. The lowest BCUT2D eigenvalue weighted by Crippen LogP contribution is -1.95. The smallest absolute Gasteiger partial charge is 0.276 e. The zero-order chi connectivity index (χ0) is 14.1. The predicted molar refractivity (Wildman–Crippen MR) is 70.9 cm³/mol. The molecule has 0 atom stereocenters. The van der Waals surface area contributed by atoms with E-state index < -0.39 is 4.92 Å². The first-order valence-corrected chi connectivity index (χ1v) is 5.86. The van der Waals surface area contributed by atoms with Crippen LogP contribution in [-0.2, 0) is 0 Å². The maximum atomic E-state index is 10.9. The van der Waals surface area contributed by atoms with Crippen LogP contribution in [0.4, 0.5) is 5.69 Å². The second-order valence-corrected chi connectivity index (χ2v) is 4.18. The Bertz CT molecular complexity index is 797. The lowest BCUT2D eigenvalue weighted by molar-refractivity contribution is -0.385. The summed E-state index contributed by atoms with van der Waals surface area (Å²) in [6.45, 7) is 1.66. The van der Waals surface area contributed by atoms with Crippen LogP contribution in [0.25, 0.3) is 5.65 Å². The molecule has 3 rings (SSSR count). The summed E-state index contributed by atoms with van der Waals surface area (Å²) in [6, 6.07) is 8.17. The SMILES string of the molecule is Cc1c(Oc2ccn3ncnc3c2)cccc1[N+](=O)[O-]. The van der Waals surface area contributed by atoms with Gasteiger partial charge in [0.05, 0.1) is 10.5 Å². The quantitative estimate of drug-likeness (QED) is 0.539. The third-order valence-electron chi connectivity index (χ3n) is 2.93. The van der Waals surface area contributed by atoms with Crippen molar-refractivity contribution in [3.05, 3.63) is 58.5 Å². The van der Waals surface area contributed by atoms with Gasteiger partial charge in [-0.05, 0) is 19.1 Å². The van der Waals surface area contributed by atoms with Crippen LogP contribution in [0.3, 0.4) is 0 Å². The minimum Gasteiger partial charge on any atom is -0.457 e. The van der Waals surface area contributed by atoms with Gasteiger partial charge in [0.15, 0.2) is 5.65 Å². The fraction of sp³-hybridized carbons (Fsp3) is 0.0769. The lowest BCUT2D eigenvalue weighted by Gasteiger charge is -2.08. The van der Waals surface area contributed by atoms with Gasteiger partial charge < -0.3 is 4.74 Å². The van der Waals surface area contributed by atoms with Crippen molar-refractivity contribution in [2.45, 2.75) is 6.92 Å². The Morgan fingerprint density at radius 2 is 2.20 bits per heavy atom. The molecule has 0 aliphatic rings. The summed E-state index contributed by atoms with van der Waals surface area (Å²) in [5.41, 5.74) is 1.16. The fourth-order valence-corrected chi connectivity index (χ4v) is 1.90. The second kappa shape index (κ2) is 4.61. The molecule has 0 spiro atoms. The molecule has 0 saturated heterocycles. The molecule has 1 aromatic carbocycles. The van der Waals surface area contributed by atoms with Crippen LogP contribution in [0.15, 0.2) is 42.9 Å². The van der Waals surface area contributed by atoms with Crippen molar-refractivity contribution < 1.29 is 9.66 Å². The summed E-state index contributed by atoms with van der Waals surface area (Å²) in [5.74, 6) is 0.997. The third-order valence-corrected chi connectivity index (χ3v) is 2.93. The standard InChI is InChI=1S/C13H10N4O3/c1-9-11(17(18)19)3-2-4-12(9)20-10-5-6-16-13(7-10)14-8-15-16/h2-8H,1H3. The average molecular weight is 270 g/mol. The number of pyridine rings is 1. The van der Waals surface area contributed by atoms with Crippen LogP contribution in [0.5, 0.6) is 11.5 Å². The summed E-state index contributed by atoms with van der Waals surface area (Å²) in [4.78, 5) is 14.5. The zero-order valence-electron chi connectivity index (χ0n) is 10.6. The maximum Gasteiger partial charge on any atom is 0.276 e. The minimum absolute atomic E-state index is 0.0334. The molecule has 3 aromatic rings. The van der Waals surface area contributed by atoms with Gasteiger partial charge in [0, 0.05) is 18.3 Å². The van der Waals surface area contributed by atoms with Gasteiger partial charge >= 0.3 is 0 Å². The molecule has 100 valence electrons. The van der Waals surface area contributed by atoms with Crippen LogP contribution in [0, 0.1) is 17.0 Å². The first kappa shape index (κ1) is 12.1. The summed E-state index contributed by atoms with van der Waals surface area (Å²) >= 11 is 0. The number of ether oxygens (including phenoxy) is 1. The van der Waals surface area contributed by atoms with E-state index in [4.69, 9.17) is 4.74 Å². The summed E-state index contributed by atoms with van der Waals surface area (Å²) in [7, 11) is 0. The molecule has 0 N–H and O–H groups in total. The lowest BCUT2D eigenvalue weighted by atomic mass is 10.2. The largest absolute Gasteiger partial charge is 0.457 e. The van der Waals surface area contributed by atoms with E-state index in [1.54, 1.807) is 41.9 Å². The van der Waals surface area contributed by atoms with E-state index in [2.05, 4.69) is 10.1 Å². The maximum absolute atomic E-state index is 10.9. The summed E-state index contributed by atoms with van der Waals surface area (Å²) in [6.07, 6.45) is 3.15. The molecule has 0 aliphatic heterocycles. The average Bonchev–Trinajstić information content (AvgIpc) is 2.88. The van der Waals surface area contributed by atoms with Crippen LogP contribution in [0.1, 0.15) is 5.56 Å². The molecule has 7 heteroatoms. The number of rotatable bonds is 3. The molecule has 0 fully saturated rings. The number of benzene rings is 1. The number of nitro benzene ring substituents is 1. The van der Waals surface area contributed by atoms with E-state index in [0.717, 1.165) is 0 Å². The van der Waals surface area contributed by atoms with E-state index >= 15 is 0 Å². The van der Waals surface area contributed by atoms with Crippen molar-refractivity contribution in [1.82, 2.24) is 14.6 Å². The molecular weight excluding hydrogens is 260 g/mol. The van der Waals surface area contributed by atoms with Gasteiger partial charge in [0.25, 0.3) is 5.69 Å². The monoisotopic (exact) mass is 270 g/mol. The first-order valence-electron chi connectivity index (χ1n) is 5.86. The Kier molecular flexibility index (Phi) is 2.79. The van der Waals surface area contributed by atoms with E-state index in [1.165, 1.54) is 12.4 Å². The van der Waals surface area contributed by atoms with Crippen LogP contribution >= 0.6 is 0 Å². The number of fused-ring (bicyclic) bond motifs is 1. The highest BCUT2D eigenvalue weighted by Gasteiger charge is 2.14. The molecule has 0 saturated carbocycles. The molecule has 0 bridgehead atoms. The van der Waals surface area contributed by atoms with Gasteiger partial charge in [0.1, 0.15) is 17.8 Å². The van der Waals surface area contributed by atoms with Crippen LogP contribution < -0.4 is 4.74 Å². The summed E-state index contributed by atoms with van der Waals surface area (Å²) in [5, 5.41) is 14.9. The van der Waals surface area contributed by atoms with E-state index in [0.29, 0.717) is 22.7 Å². The Labute approximate surface area is 113 Å². The van der Waals surface area contributed by atoms with Gasteiger partial charge in [-0.3, -0.25) is 10.1 Å². The molecule has 0 amide bonds. The summed E-state index contributed by atoms with van der Waals surface area (Å²) < 4.78 is 7.30. The van der Waals surface area contributed by atoms with E-state index in [9.17, 15) is 10.1 Å². The molecule has 2 aromatic heterocycles. The van der Waals surface area contributed by atoms with Crippen LogP contribution in [0.2, 0.25) is 0 Å². The van der Waals surface area contributed by atoms with Gasteiger partial charge in [-0.15, -0.1) is 0 Å². The molecule has 0 unspecified atom stereocenters. The molecule has 7 nitrogen and oxygen atoms in total. The molecular formula is C13H10N4O3. The van der Waals surface area contributed by atoms with Gasteiger partial charge in [-0.2, -0.15) is 5.10 Å². The van der Waals surface area contributed by atoms with E-state index in [-0.39, 0.29) is 5.69 Å². The topological polar surface area (TPSA) is 82.6 Å². The number of hydrogen-bond donors (Lipinski definition) is 0. The highest BCUT2D eigenvalue weighted by molar-refractivity contribution is 5.51. The van der Waals surface area contributed by atoms with Crippen molar-refractivity contribution in [2.24, 2.45) is 0 Å². The second-order valence-electron chi connectivity index (χ2n) is 4.18. The number of nitrogens with zero attached hydrogens (tertiary/aromatic N) is 4. The van der Waals surface area contributed by atoms with E-state index in [1.807, 2.05) is 0 Å². The first-order chi connectivity index (χ1) is 9.65. The number of hydrogen-bond acceptors (Lipinski definition) is 5. The molecule has 2 heterocycles. The highest BCUT2D eigenvalue weighted by Crippen LogP contribution is 2.30. The van der Waals surface area contributed by atoms with Crippen molar-refractivity contribution >= 4 is 11.3 Å². The fourth-order valence-electron chi connectivity index (χ4n) is 1.90. The van der Waals surface area contributed by atoms with Crippen molar-refractivity contribution in [2.75, 3.05) is 0 Å². The molecule has 0 aliphatic carbocycles. The van der Waals surface area contributed by atoms with Gasteiger partial charge in [-0.25, -0.2) is 9.50 Å². The Morgan fingerprint density at radius 3 is 3.00 bits per heavy atom. The Balaban J connectivity index is 1.98. The van der Waals surface area contributed by atoms with Crippen LogP contribution in [-0.4, -0.2) is 19.5 Å². The zero-order valence-corrected chi connectivity index (χ0v) is 10.6. The van der Waals surface area contributed by atoms with Gasteiger partial charge in [0.2, 0.25) is 0 Å². The van der Waals surface area contributed by atoms with Crippen molar-refractivity contribution in [1.29, 1.82) is 0 Å². The molecule has 20 heavy (non-hydrogen) atoms. The van der Waals surface area contributed by atoms with Crippen molar-refractivity contribution in [3.8, 4) is 11.5 Å².